The molecule has 0 aromatic heterocycles. The molecule has 4 heteroatoms. The summed E-state index contributed by atoms with van der Waals surface area (Å²) in [7, 11) is 0. The Bertz CT molecular complexity index is 493. The van der Waals surface area contributed by atoms with Crippen LogP contribution in [0.1, 0.15) is 96.8 Å². The number of nitrogens with one attached hydrogen (secondary N) is 2. The summed E-state index contributed by atoms with van der Waals surface area (Å²) in [6, 6.07) is 7.03. The van der Waals surface area contributed by atoms with E-state index in [0.717, 1.165) is 18.7 Å². The van der Waals surface area contributed by atoms with E-state index in [0.29, 0.717) is 5.02 Å². The molecule has 3 nitrogen and oxygen atoms in total. The lowest BCUT2D eigenvalue weighted by Crippen LogP contribution is -2.29. The van der Waals surface area contributed by atoms with Crippen LogP contribution in [-0.2, 0) is 0 Å². The van der Waals surface area contributed by atoms with Crippen LogP contribution in [0.2, 0.25) is 5.02 Å². The highest BCUT2D eigenvalue weighted by Gasteiger charge is 2.01. The van der Waals surface area contributed by atoms with E-state index in [9.17, 15) is 4.79 Å². The molecule has 2 amide bonds. The molecule has 0 atom stereocenters. The van der Waals surface area contributed by atoms with E-state index in [1.807, 2.05) is 12.1 Å². The van der Waals surface area contributed by atoms with Gasteiger partial charge in [-0.25, -0.2) is 4.79 Å². The van der Waals surface area contributed by atoms with Gasteiger partial charge in [-0.2, -0.15) is 0 Å². The molecule has 0 unspecified atom stereocenters. The first kappa shape index (κ1) is 23.8. The number of amides is 2. The second-order valence-corrected chi connectivity index (χ2v) is 7.92. The summed E-state index contributed by atoms with van der Waals surface area (Å²) in [6.45, 7) is 3.00. The number of benzene rings is 1. The summed E-state index contributed by atoms with van der Waals surface area (Å²) in [5.41, 5.74) is 0.723. The second-order valence-electron chi connectivity index (χ2n) is 7.49. The summed E-state index contributed by atoms with van der Waals surface area (Å²) in [5.74, 6) is 0. The third-order valence-electron chi connectivity index (χ3n) is 4.90. The van der Waals surface area contributed by atoms with Gasteiger partial charge in [-0.15, -0.1) is 0 Å². The van der Waals surface area contributed by atoms with Crippen molar-refractivity contribution >= 4 is 23.3 Å². The van der Waals surface area contributed by atoms with Gasteiger partial charge < -0.3 is 10.6 Å². The van der Waals surface area contributed by atoms with E-state index in [4.69, 9.17) is 11.6 Å². The van der Waals surface area contributed by atoms with Gasteiger partial charge in [-0.3, -0.25) is 0 Å². The van der Waals surface area contributed by atoms with Gasteiger partial charge in [0.05, 0.1) is 0 Å². The van der Waals surface area contributed by atoms with Gasteiger partial charge in [0.15, 0.2) is 0 Å². The average molecular weight is 395 g/mol. The minimum Gasteiger partial charge on any atom is -0.338 e. The van der Waals surface area contributed by atoms with Crippen LogP contribution in [0, 0.1) is 0 Å². The summed E-state index contributed by atoms with van der Waals surface area (Å²) in [5, 5.41) is 6.32. The Morgan fingerprint density at radius 3 is 1.85 bits per heavy atom. The number of hydrogen-bond donors (Lipinski definition) is 2. The minimum atomic E-state index is -0.160. The van der Waals surface area contributed by atoms with E-state index in [2.05, 4.69) is 17.6 Å². The maximum absolute atomic E-state index is 11.8. The molecule has 1 aromatic rings. The average Bonchev–Trinajstić information content (AvgIpc) is 2.65. The largest absolute Gasteiger partial charge is 0.338 e. The predicted octanol–water partition coefficient (Wildman–Crippen LogP) is 7.94. The Morgan fingerprint density at radius 1 is 0.815 bits per heavy atom. The normalized spacial score (nSPS) is 10.7. The van der Waals surface area contributed by atoms with Crippen molar-refractivity contribution in [3.63, 3.8) is 0 Å². The van der Waals surface area contributed by atoms with Crippen LogP contribution in [0.4, 0.5) is 10.5 Å². The van der Waals surface area contributed by atoms with E-state index in [1.54, 1.807) is 12.1 Å². The summed E-state index contributed by atoms with van der Waals surface area (Å²) < 4.78 is 0. The second kappa shape index (κ2) is 16.9. The van der Waals surface area contributed by atoms with Gasteiger partial charge in [0.1, 0.15) is 0 Å². The number of urea groups is 1. The van der Waals surface area contributed by atoms with Gasteiger partial charge in [0, 0.05) is 17.3 Å². The zero-order valence-electron chi connectivity index (χ0n) is 17.2. The van der Waals surface area contributed by atoms with Crippen molar-refractivity contribution < 1.29 is 4.79 Å². The smallest absolute Gasteiger partial charge is 0.319 e. The molecule has 154 valence electrons. The number of anilines is 1. The third kappa shape index (κ3) is 14.5. The molecule has 0 aliphatic carbocycles. The van der Waals surface area contributed by atoms with Crippen molar-refractivity contribution in [2.24, 2.45) is 0 Å². The molecule has 1 rings (SSSR count). The SMILES string of the molecule is CCCCCCCCCCCCCCCCNC(=O)Nc1cccc(Cl)c1. The molecule has 0 aliphatic rings. The van der Waals surface area contributed by atoms with Gasteiger partial charge in [-0.1, -0.05) is 108 Å². The van der Waals surface area contributed by atoms with Crippen molar-refractivity contribution in [2.45, 2.75) is 96.8 Å². The lowest BCUT2D eigenvalue weighted by molar-refractivity contribution is 0.252. The minimum absolute atomic E-state index is 0.160. The van der Waals surface area contributed by atoms with Crippen molar-refractivity contribution in [1.82, 2.24) is 5.32 Å². The lowest BCUT2D eigenvalue weighted by Gasteiger charge is -2.08. The van der Waals surface area contributed by atoms with Crippen LogP contribution in [0.3, 0.4) is 0 Å². The first-order valence-electron chi connectivity index (χ1n) is 11.0. The number of hydrogen-bond acceptors (Lipinski definition) is 1. The quantitative estimate of drug-likeness (QED) is 0.274. The van der Waals surface area contributed by atoms with Gasteiger partial charge in [0.2, 0.25) is 0 Å². The predicted molar refractivity (Wildman–Crippen MR) is 119 cm³/mol. The Kier molecular flexibility index (Phi) is 14.9. The Morgan fingerprint density at radius 2 is 1.33 bits per heavy atom. The zero-order chi connectivity index (χ0) is 19.6. The van der Waals surface area contributed by atoms with E-state index in [-0.39, 0.29) is 6.03 Å². The Hall–Kier alpha value is -1.22. The van der Waals surface area contributed by atoms with Crippen LogP contribution in [-0.4, -0.2) is 12.6 Å². The third-order valence-corrected chi connectivity index (χ3v) is 5.13. The van der Waals surface area contributed by atoms with E-state index >= 15 is 0 Å². The fraction of sp³-hybridized carbons (Fsp3) is 0.696. The van der Waals surface area contributed by atoms with Crippen molar-refractivity contribution in [1.29, 1.82) is 0 Å². The molecule has 0 saturated heterocycles. The molecule has 0 saturated carbocycles. The molecule has 0 spiro atoms. The maximum atomic E-state index is 11.8. The fourth-order valence-corrected chi connectivity index (χ4v) is 3.45. The van der Waals surface area contributed by atoms with Gasteiger partial charge >= 0.3 is 6.03 Å². The first-order valence-corrected chi connectivity index (χ1v) is 11.4. The molecule has 1 aromatic carbocycles. The molecular weight excluding hydrogens is 356 g/mol. The highest BCUT2D eigenvalue weighted by Crippen LogP contribution is 2.15. The standard InChI is InChI=1S/C23H39ClN2O/c1-2-3-4-5-6-7-8-9-10-11-12-13-14-15-19-25-23(27)26-22-18-16-17-21(24)20-22/h16-18,20H,2-15,19H2,1H3,(H2,25,26,27). The molecule has 0 heterocycles. The molecule has 0 radical (unpaired) electrons. The Labute approximate surface area is 171 Å². The van der Waals surface area contributed by atoms with Crippen LogP contribution in [0.5, 0.6) is 0 Å². The molecular formula is C23H39ClN2O. The van der Waals surface area contributed by atoms with Gasteiger partial charge in [-0.05, 0) is 24.6 Å². The fourth-order valence-electron chi connectivity index (χ4n) is 3.26. The number of halogens is 1. The Balaban J connectivity index is 1.82. The van der Waals surface area contributed by atoms with Crippen LogP contribution in [0.15, 0.2) is 24.3 Å². The monoisotopic (exact) mass is 394 g/mol. The topological polar surface area (TPSA) is 41.1 Å². The van der Waals surface area contributed by atoms with Crippen molar-refractivity contribution in [3.05, 3.63) is 29.3 Å². The highest BCUT2D eigenvalue weighted by atomic mass is 35.5. The lowest BCUT2D eigenvalue weighted by atomic mass is 10.0. The maximum Gasteiger partial charge on any atom is 0.319 e. The summed E-state index contributed by atoms with van der Waals surface area (Å²) in [4.78, 5) is 11.8. The molecule has 0 fully saturated rings. The highest BCUT2D eigenvalue weighted by molar-refractivity contribution is 6.30. The van der Waals surface area contributed by atoms with Crippen molar-refractivity contribution in [3.8, 4) is 0 Å². The summed E-state index contributed by atoms with van der Waals surface area (Å²) in [6.07, 6.45) is 18.8. The number of rotatable bonds is 16. The molecule has 0 aliphatic heterocycles. The van der Waals surface area contributed by atoms with Crippen LogP contribution >= 0.6 is 11.6 Å². The number of unbranched alkanes of at least 4 members (excludes halogenated alkanes) is 13. The van der Waals surface area contributed by atoms with E-state index in [1.165, 1.54) is 83.5 Å². The first-order chi connectivity index (χ1) is 13.2. The molecule has 27 heavy (non-hydrogen) atoms. The van der Waals surface area contributed by atoms with Crippen LogP contribution in [0.25, 0.3) is 0 Å². The number of carbonyl (C=O) groups is 1. The zero-order valence-corrected chi connectivity index (χ0v) is 18.0. The summed E-state index contributed by atoms with van der Waals surface area (Å²) >= 11 is 5.90. The van der Waals surface area contributed by atoms with Crippen molar-refractivity contribution in [2.75, 3.05) is 11.9 Å². The number of carbonyl (C=O) groups excluding carboxylic acids is 1. The molecule has 2 N–H and O–H groups in total. The van der Waals surface area contributed by atoms with E-state index < -0.39 is 0 Å². The van der Waals surface area contributed by atoms with Crippen LogP contribution < -0.4 is 10.6 Å². The van der Waals surface area contributed by atoms with Gasteiger partial charge in [0.25, 0.3) is 0 Å². The molecule has 0 bridgehead atoms.